The first-order chi connectivity index (χ1) is 31.0. The maximum Gasteiger partial charge on any atom is -0.0297 e. The minimum Gasteiger partial charge on any atom is -0.0651 e. The molecule has 400 valence electrons. The van der Waals surface area contributed by atoms with Gasteiger partial charge in [0.1, 0.15) is 0 Å². The smallest absolute Gasteiger partial charge is 0.0297 e. The van der Waals surface area contributed by atoms with Crippen LogP contribution in [-0.2, 0) is 0 Å². The minimum atomic E-state index is 0.576. The van der Waals surface area contributed by atoms with Crippen LogP contribution in [0.5, 0.6) is 0 Å². The Bertz CT molecular complexity index is 1180. The quantitative estimate of drug-likeness (QED) is 0.265. The molecule has 0 aliphatic heterocycles. The van der Waals surface area contributed by atoms with E-state index in [0.717, 1.165) is 136 Å². The maximum atomic E-state index is 2.48. The lowest BCUT2D eigenvalue weighted by Crippen LogP contribution is -2.39. The molecule has 9 aliphatic carbocycles. The van der Waals surface area contributed by atoms with Crippen molar-refractivity contribution in [1.29, 1.82) is 0 Å². The van der Waals surface area contributed by atoms with Crippen LogP contribution in [0.15, 0.2) is 0 Å². The third-order valence-corrected chi connectivity index (χ3v) is 23.1. The van der Waals surface area contributed by atoms with E-state index in [9.17, 15) is 0 Å². The summed E-state index contributed by atoms with van der Waals surface area (Å²) in [6, 6.07) is 0. The van der Waals surface area contributed by atoms with Crippen LogP contribution in [0.3, 0.4) is 0 Å². The summed E-state index contributed by atoms with van der Waals surface area (Å²) >= 11 is 0. The molecule has 0 aromatic rings. The largest absolute Gasteiger partial charge is 0.0651 e. The van der Waals surface area contributed by atoms with Gasteiger partial charge < -0.3 is 0 Å². The molecular formula is C67H132. The third-order valence-electron chi connectivity index (χ3n) is 23.1. The van der Waals surface area contributed by atoms with Gasteiger partial charge >= 0.3 is 0 Å². The predicted octanol–water partition coefficient (Wildman–Crippen LogP) is 22.4. The second kappa shape index (κ2) is 29.6. The second-order valence-electron chi connectivity index (χ2n) is 29.8. The summed E-state index contributed by atoms with van der Waals surface area (Å²) in [5, 5.41) is 0. The maximum absolute atomic E-state index is 2.48. The highest BCUT2D eigenvalue weighted by Gasteiger charge is 2.46. The van der Waals surface area contributed by atoms with E-state index in [0.29, 0.717) is 5.41 Å². The van der Waals surface area contributed by atoms with E-state index in [1.165, 1.54) is 122 Å². The van der Waals surface area contributed by atoms with Crippen LogP contribution in [0.25, 0.3) is 0 Å². The zero-order chi connectivity index (χ0) is 51.1. The summed E-state index contributed by atoms with van der Waals surface area (Å²) in [6.07, 6.45) is 28.1. The first-order valence-corrected chi connectivity index (χ1v) is 31.0. The second-order valence-corrected chi connectivity index (χ2v) is 29.8. The van der Waals surface area contributed by atoms with E-state index in [1.807, 2.05) is 0 Å². The van der Waals surface area contributed by atoms with Gasteiger partial charge in [-0.05, 0) is 205 Å². The Labute approximate surface area is 427 Å². The fraction of sp³-hybridized carbons (Fsp3) is 1.00. The van der Waals surface area contributed by atoms with Crippen LogP contribution in [0.1, 0.15) is 288 Å². The lowest BCUT2D eigenvalue weighted by molar-refractivity contribution is 0.0302. The van der Waals surface area contributed by atoms with Crippen molar-refractivity contribution in [2.45, 2.75) is 288 Å². The highest BCUT2D eigenvalue weighted by Crippen LogP contribution is 2.57. The van der Waals surface area contributed by atoms with Crippen molar-refractivity contribution < 1.29 is 0 Å². The van der Waals surface area contributed by atoms with Crippen LogP contribution in [0.4, 0.5) is 0 Å². The van der Waals surface area contributed by atoms with Gasteiger partial charge in [-0.25, -0.2) is 0 Å². The lowest BCUT2D eigenvalue weighted by atomic mass is 9.60. The molecule has 9 aliphatic rings. The molecule has 9 fully saturated rings. The molecule has 9 unspecified atom stereocenters. The number of hydrogen-bond donors (Lipinski definition) is 0. The van der Waals surface area contributed by atoms with Gasteiger partial charge in [0.2, 0.25) is 0 Å². The van der Waals surface area contributed by atoms with E-state index >= 15 is 0 Å². The van der Waals surface area contributed by atoms with E-state index < -0.39 is 0 Å². The fourth-order valence-corrected chi connectivity index (χ4v) is 14.4. The molecule has 0 heteroatoms. The van der Waals surface area contributed by atoms with Gasteiger partial charge in [-0.1, -0.05) is 224 Å². The monoisotopic (exact) mass is 937 g/mol. The average molecular weight is 938 g/mol. The zero-order valence-corrected chi connectivity index (χ0v) is 51.1. The Kier molecular flexibility index (Phi) is 27.9. The van der Waals surface area contributed by atoms with Gasteiger partial charge in [0.15, 0.2) is 0 Å². The Hall–Kier alpha value is 0. The van der Waals surface area contributed by atoms with Crippen molar-refractivity contribution in [3.63, 3.8) is 0 Å². The first-order valence-electron chi connectivity index (χ1n) is 31.0. The van der Waals surface area contributed by atoms with E-state index in [-0.39, 0.29) is 0 Å². The molecule has 0 aromatic heterocycles. The number of hydrogen-bond acceptors (Lipinski definition) is 0. The third kappa shape index (κ3) is 20.8. The van der Waals surface area contributed by atoms with Crippen LogP contribution in [-0.4, -0.2) is 0 Å². The van der Waals surface area contributed by atoms with Crippen LogP contribution in [0, 0.1) is 141 Å². The normalized spacial score (nSPS) is 43.9. The Balaban J connectivity index is 0.000000263. The molecule has 9 saturated carbocycles. The zero-order valence-electron chi connectivity index (χ0n) is 51.1. The summed E-state index contributed by atoms with van der Waals surface area (Å²) in [7, 11) is 0. The molecule has 0 spiro atoms. The molecule has 67 heavy (non-hydrogen) atoms. The standard InChI is InChI=1S/C9H16.2C9H18.5C8H16/c1-7-5-8-3-4-9(7,2)6-8;1-7-5-8(6-7)9(2,3)4;1-7-5-4-6-8(2)9(7)3;1-6-4-7(2)8(3)5-6;1-6(2)8-4-7(3)5-8;1-6-4-5-7(2)8(6)3;1-5-6(2)8(4)7(5)3;1-3-7(2)8-5-4-6-8/h7-8H,3-6H2,1-2H3;7-8H,5-6H2,1-4H3;7-9H,4-6H2,1-3H3;3*6-8H,4-5H2,1-3H3;5-8H,1-4H3;7-8H,3-6H2,1-2H3/t7-,8?,9?;;;6?,7-,8?;;;;/m0..0..../s1. The summed E-state index contributed by atoms with van der Waals surface area (Å²) in [5.74, 6) is 22.1. The van der Waals surface area contributed by atoms with Crippen LogP contribution in [0.2, 0.25) is 0 Å². The lowest BCUT2D eigenvalue weighted by Gasteiger charge is -2.45. The molecule has 2 bridgehead atoms. The van der Waals surface area contributed by atoms with Gasteiger partial charge in [0, 0.05) is 0 Å². The van der Waals surface area contributed by atoms with Crippen molar-refractivity contribution in [2.24, 2.45) is 141 Å². The summed E-state index contributed by atoms with van der Waals surface area (Å²) in [4.78, 5) is 0. The van der Waals surface area contributed by atoms with Crippen LogP contribution >= 0.6 is 0 Å². The fourth-order valence-electron chi connectivity index (χ4n) is 14.4. The molecule has 0 N–H and O–H groups in total. The predicted molar refractivity (Wildman–Crippen MR) is 306 cm³/mol. The summed E-state index contributed by atoms with van der Waals surface area (Å²) in [6.45, 7) is 56.8. The van der Waals surface area contributed by atoms with Gasteiger partial charge in [-0.2, -0.15) is 0 Å². The van der Waals surface area contributed by atoms with Crippen molar-refractivity contribution >= 4 is 0 Å². The van der Waals surface area contributed by atoms with Gasteiger partial charge in [0.05, 0.1) is 0 Å². The Morgan fingerprint density at radius 3 is 0.985 bits per heavy atom. The van der Waals surface area contributed by atoms with Crippen molar-refractivity contribution in [3.8, 4) is 0 Å². The minimum absolute atomic E-state index is 0.576. The molecular weight excluding hydrogens is 805 g/mol. The molecule has 0 nitrogen and oxygen atoms in total. The molecule has 0 aromatic carbocycles. The summed E-state index contributed by atoms with van der Waals surface area (Å²) < 4.78 is 0. The van der Waals surface area contributed by atoms with Crippen molar-refractivity contribution in [3.05, 3.63) is 0 Å². The Morgan fingerprint density at radius 2 is 0.821 bits per heavy atom. The van der Waals surface area contributed by atoms with E-state index in [1.54, 1.807) is 0 Å². The highest BCUT2D eigenvalue weighted by molar-refractivity contribution is 4.97. The van der Waals surface area contributed by atoms with Crippen molar-refractivity contribution in [1.82, 2.24) is 0 Å². The molecule has 0 amide bonds. The molecule has 0 saturated heterocycles. The van der Waals surface area contributed by atoms with Gasteiger partial charge in [-0.3, -0.25) is 0 Å². The molecule has 0 heterocycles. The summed E-state index contributed by atoms with van der Waals surface area (Å²) in [5.41, 5.74) is 1.34. The number of rotatable bonds is 3. The SMILES string of the molecule is CC1C(C)C(C)C1C.CC1CC(C(C)(C)C)C1.CC1CC(C(C)C)C1.CC1CC(C)[C@@H](C)C1.CC1CCC(C)C1C.CC1CCCC(C)C1C.CCC(C)C1CCC1.C[C@H]1CC2CCC1(C)C2. The average Bonchev–Trinajstić information content (AvgIpc) is 3.94. The van der Waals surface area contributed by atoms with E-state index in [4.69, 9.17) is 0 Å². The van der Waals surface area contributed by atoms with E-state index in [2.05, 4.69) is 166 Å². The van der Waals surface area contributed by atoms with Crippen molar-refractivity contribution in [2.75, 3.05) is 0 Å². The van der Waals surface area contributed by atoms with Gasteiger partial charge in [0.25, 0.3) is 0 Å². The topological polar surface area (TPSA) is 0 Å². The Morgan fingerprint density at radius 1 is 0.433 bits per heavy atom. The number of fused-ring (bicyclic) bond motifs is 2. The first kappa shape index (κ1) is 63.1. The van der Waals surface area contributed by atoms with Gasteiger partial charge in [-0.15, -0.1) is 0 Å². The molecule has 0 radical (unpaired) electrons. The van der Waals surface area contributed by atoms with Crippen LogP contribution < -0.4 is 0 Å². The molecule has 9 rings (SSSR count). The highest BCUT2D eigenvalue weighted by atomic mass is 14.5. The molecule has 11 atom stereocenters.